The molecule has 0 amide bonds. The minimum absolute atomic E-state index is 0.260. The molecule has 6 heteroatoms. The summed E-state index contributed by atoms with van der Waals surface area (Å²) in [6.45, 7) is 7.12. The van der Waals surface area contributed by atoms with Crippen LogP contribution in [0.1, 0.15) is 29.9 Å². The van der Waals surface area contributed by atoms with Crippen LogP contribution in [-0.2, 0) is 0 Å². The number of nitrogens with zero attached hydrogens (tertiary/aromatic N) is 3. The second-order valence-corrected chi connectivity index (χ2v) is 5.55. The van der Waals surface area contributed by atoms with E-state index in [2.05, 4.69) is 34.3 Å². The molecule has 16 heavy (non-hydrogen) atoms. The summed E-state index contributed by atoms with van der Waals surface area (Å²) in [5, 5.41) is 16.7. The lowest BCUT2D eigenvalue weighted by Crippen LogP contribution is -2.17. The van der Waals surface area contributed by atoms with Crippen molar-refractivity contribution in [2.24, 2.45) is 0 Å². The van der Waals surface area contributed by atoms with Crippen LogP contribution in [0.3, 0.4) is 0 Å². The van der Waals surface area contributed by atoms with Gasteiger partial charge in [0.05, 0.1) is 11.0 Å². The minimum atomic E-state index is 0.260. The van der Waals surface area contributed by atoms with Crippen molar-refractivity contribution in [1.82, 2.24) is 20.5 Å². The highest BCUT2D eigenvalue weighted by Gasteiger charge is 2.13. The van der Waals surface area contributed by atoms with Gasteiger partial charge in [-0.3, -0.25) is 0 Å². The Morgan fingerprint density at radius 3 is 2.88 bits per heavy atom. The first-order chi connectivity index (χ1) is 7.70. The molecule has 0 aliphatic rings. The molecule has 0 spiro atoms. The third-order valence-corrected chi connectivity index (χ3v) is 4.06. The van der Waals surface area contributed by atoms with Crippen LogP contribution in [0.25, 0.3) is 10.7 Å². The Hall–Kier alpha value is -0.850. The van der Waals surface area contributed by atoms with E-state index in [0.29, 0.717) is 0 Å². The fraction of sp³-hybridized carbons (Fsp3) is 0.500. The average molecular weight is 254 g/mol. The number of aryl methyl sites for hydroxylation is 1. The van der Waals surface area contributed by atoms with Crippen molar-refractivity contribution >= 4 is 22.7 Å². The summed E-state index contributed by atoms with van der Waals surface area (Å²) >= 11 is 3.25. The van der Waals surface area contributed by atoms with Gasteiger partial charge in [-0.2, -0.15) is 0 Å². The number of nitrogens with one attached hydrogen (secondary N) is 1. The Labute approximate surface area is 103 Å². The van der Waals surface area contributed by atoms with E-state index < -0.39 is 0 Å². The number of aromatic nitrogens is 3. The Morgan fingerprint density at radius 1 is 1.44 bits per heavy atom. The lowest BCUT2D eigenvalue weighted by molar-refractivity contribution is 0.590. The van der Waals surface area contributed by atoms with E-state index in [1.807, 2.05) is 12.3 Å². The zero-order valence-corrected chi connectivity index (χ0v) is 11.2. The second kappa shape index (κ2) is 4.99. The molecular weight excluding hydrogens is 240 g/mol. The van der Waals surface area contributed by atoms with Crippen LogP contribution in [0.5, 0.6) is 0 Å². The highest BCUT2D eigenvalue weighted by molar-refractivity contribution is 7.15. The fourth-order valence-corrected chi connectivity index (χ4v) is 2.87. The number of hydrogen-bond donors (Lipinski definition) is 1. The van der Waals surface area contributed by atoms with Crippen LogP contribution < -0.4 is 5.32 Å². The fourth-order valence-electron chi connectivity index (χ4n) is 1.37. The van der Waals surface area contributed by atoms with Crippen molar-refractivity contribution in [3.05, 3.63) is 15.4 Å². The van der Waals surface area contributed by atoms with Crippen molar-refractivity contribution in [1.29, 1.82) is 0 Å². The maximum Gasteiger partial charge on any atom is 0.167 e. The van der Waals surface area contributed by atoms with Crippen molar-refractivity contribution in [3.63, 3.8) is 0 Å². The van der Waals surface area contributed by atoms with Gasteiger partial charge in [-0.25, -0.2) is 4.98 Å². The van der Waals surface area contributed by atoms with Crippen LogP contribution in [0.2, 0.25) is 0 Å². The Bertz CT molecular complexity index is 463. The van der Waals surface area contributed by atoms with E-state index in [4.69, 9.17) is 0 Å². The summed E-state index contributed by atoms with van der Waals surface area (Å²) < 4.78 is 0. The first kappa shape index (κ1) is 11.6. The van der Waals surface area contributed by atoms with Crippen molar-refractivity contribution in [2.45, 2.75) is 26.8 Å². The molecule has 1 unspecified atom stereocenters. The van der Waals surface area contributed by atoms with Crippen LogP contribution >= 0.6 is 22.7 Å². The van der Waals surface area contributed by atoms with Crippen LogP contribution in [0.4, 0.5) is 0 Å². The number of rotatable bonds is 4. The molecule has 1 N–H and O–H groups in total. The van der Waals surface area contributed by atoms with E-state index in [9.17, 15) is 0 Å². The Kier molecular flexibility index (Phi) is 3.63. The summed E-state index contributed by atoms with van der Waals surface area (Å²) in [6.07, 6.45) is 0. The van der Waals surface area contributed by atoms with Gasteiger partial charge in [0.15, 0.2) is 5.01 Å². The predicted molar refractivity (Wildman–Crippen MR) is 67.8 cm³/mol. The molecule has 0 aliphatic heterocycles. The standard InChI is InChI=1S/C10H14N4S2/c1-4-11-6(2)9-13-14-10(16-9)8-5-15-7(3)12-8/h5-6,11H,4H2,1-3H3. The van der Waals surface area contributed by atoms with E-state index >= 15 is 0 Å². The van der Waals surface area contributed by atoms with Crippen molar-refractivity contribution in [3.8, 4) is 10.7 Å². The van der Waals surface area contributed by atoms with Gasteiger partial charge in [0, 0.05) is 5.38 Å². The summed E-state index contributed by atoms with van der Waals surface area (Å²) in [5.74, 6) is 0. The van der Waals surface area contributed by atoms with Gasteiger partial charge in [0.1, 0.15) is 10.7 Å². The molecule has 86 valence electrons. The van der Waals surface area contributed by atoms with Gasteiger partial charge in [-0.05, 0) is 20.4 Å². The first-order valence-corrected chi connectivity index (χ1v) is 6.89. The third-order valence-electron chi connectivity index (χ3n) is 2.16. The van der Waals surface area contributed by atoms with Crippen LogP contribution in [0.15, 0.2) is 5.38 Å². The van der Waals surface area contributed by atoms with Gasteiger partial charge in [-0.1, -0.05) is 18.3 Å². The van der Waals surface area contributed by atoms with E-state index in [0.717, 1.165) is 27.3 Å². The molecule has 0 saturated carbocycles. The average Bonchev–Trinajstić information content (AvgIpc) is 2.85. The smallest absolute Gasteiger partial charge is 0.167 e. The lowest BCUT2D eigenvalue weighted by atomic mass is 10.3. The molecule has 2 aromatic heterocycles. The lowest BCUT2D eigenvalue weighted by Gasteiger charge is -2.06. The molecule has 1 atom stereocenters. The van der Waals surface area contributed by atoms with Crippen molar-refractivity contribution in [2.75, 3.05) is 6.54 Å². The molecular formula is C10H14N4S2. The molecule has 0 aliphatic carbocycles. The van der Waals surface area contributed by atoms with E-state index in [-0.39, 0.29) is 6.04 Å². The molecule has 0 radical (unpaired) electrons. The second-order valence-electron chi connectivity index (χ2n) is 3.48. The maximum absolute atomic E-state index is 4.41. The summed E-state index contributed by atoms with van der Waals surface area (Å²) in [7, 11) is 0. The van der Waals surface area contributed by atoms with Gasteiger partial charge >= 0.3 is 0 Å². The quantitative estimate of drug-likeness (QED) is 0.911. The minimum Gasteiger partial charge on any atom is -0.308 e. The zero-order valence-electron chi connectivity index (χ0n) is 9.52. The van der Waals surface area contributed by atoms with E-state index in [1.54, 1.807) is 22.7 Å². The summed E-state index contributed by atoms with van der Waals surface area (Å²) in [5.41, 5.74) is 0.940. The van der Waals surface area contributed by atoms with Gasteiger partial charge in [0.25, 0.3) is 0 Å². The normalized spacial score (nSPS) is 12.9. The molecule has 2 rings (SSSR count). The van der Waals surface area contributed by atoms with Gasteiger partial charge in [-0.15, -0.1) is 21.5 Å². The Morgan fingerprint density at radius 2 is 2.25 bits per heavy atom. The van der Waals surface area contributed by atoms with Crippen molar-refractivity contribution < 1.29 is 0 Å². The highest BCUT2D eigenvalue weighted by Crippen LogP contribution is 2.27. The zero-order chi connectivity index (χ0) is 11.5. The van der Waals surface area contributed by atoms with Crippen LogP contribution in [0, 0.1) is 6.92 Å². The van der Waals surface area contributed by atoms with Gasteiger partial charge < -0.3 is 5.32 Å². The predicted octanol–water partition coefficient (Wildman–Crippen LogP) is 2.64. The van der Waals surface area contributed by atoms with Crippen LogP contribution in [-0.4, -0.2) is 21.7 Å². The summed E-state index contributed by atoms with van der Waals surface area (Å²) in [4.78, 5) is 4.41. The topological polar surface area (TPSA) is 50.7 Å². The monoisotopic (exact) mass is 254 g/mol. The van der Waals surface area contributed by atoms with E-state index in [1.165, 1.54) is 0 Å². The molecule has 0 aromatic carbocycles. The molecule has 0 saturated heterocycles. The maximum atomic E-state index is 4.41. The molecule has 2 heterocycles. The number of thiazole rings is 1. The molecule has 4 nitrogen and oxygen atoms in total. The highest BCUT2D eigenvalue weighted by atomic mass is 32.1. The van der Waals surface area contributed by atoms with Gasteiger partial charge in [0.2, 0.25) is 0 Å². The SMILES string of the molecule is CCNC(C)c1nnc(-c2csc(C)n2)s1. The molecule has 0 fully saturated rings. The molecule has 2 aromatic rings. The third kappa shape index (κ3) is 2.45. The number of hydrogen-bond acceptors (Lipinski definition) is 6. The summed E-state index contributed by atoms with van der Waals surface area (Å²) in [6, 6.07) is 0.260. The largest absolute Gasteiger partial charge is 0.308 e. The first-order valence-electron chi connectivity index (χ1n) is 5.20. The Balaban J connectivity index is 2.19. The molecule has 0 bridgehead atoms.